The molecule has 0 radical (unpaired) electrons. The Balaban J connectivity index is 1.59. The first-order chi connectivity index (χ1) is 13.1. The highest BCUT2D eigenvalue weighted by Crippen LogP contribution is 2.32. The molecule has 27 heavy (non-hydrogen) atoms. The number of piperazine rings is 1. The Bertz CT molecular complexity index is 834. The number of carbonyl (C=O) groups is 1. The van der Waals surface area contributed by atoms with E-state index in [0.29, 0.717) is 11.8 Å². The van der Waals surface area contributed by atoms with Gasteiger partial charge in [-0.2, -0.15) is 0 Å². The molecule has 0 spiro atoms. The molecule has 1 aromatic carbocycles. The standard InChI is InChI=1S/C22H28N4O/c1-4-19-16(3)23-20(17-7-5-15(2)6-8-17)24-21(19)25-11-13-26(14-12-25)22(27)18-9-10-18/h5-8,18H,4,9-14H2,1-3H3. The number of nitrogens with zero attached hydrogens (tertiary/aromatic N) is 4. The predicted molar refractivity (Wildman–Crippen MR) is 108 cm³/mol. The number of amides is 1. The second kappa shape index (κ2) is 7.29. The molecule has 1 aromatic heterocycles. The van der Waals surface area contributed by atoms with E-state index >= 15 is 0 Å². The van der Waals surface area contributed by atoms with E-state index in [1.54, 1.807) is 0 Å². The number of anilines is 1. The summed E-state index contributed by atoms with van der Waals surface area (Å²) < 4.78 is 0. The lowest BCUT2D eigenvalue weighted by Crippen LogP contribution is -2.49. The molecule has 0 N–H and O–H groups in total. The molecule has 0 unspecified atom stereocenters. The van der Waals surface area contributed by atoms with Crippen molar-refractivity contribution in [2.75, 3.05) is 31.1 Å². The van der Waals surface area contributed by atoms with Gasteiger partial charge in [-0.05, 0) is 33.1 Å². The first-order valence-electron chi connectivity index (χ1n) is 10.0. The topological polar surface area (TPSA) is 49.3 Å². The van der Waals surface area contributed by atoms with Crippen LogP contribution in [0.5, 0.6) is 0 Å². The Morgan fingerprint density at radius 1 is 1.04 bits per heavy atom. The fourth-order valence-corrected chi connectivity index (χ4v) is 3.82. The smallest absolute Gasteiger partial charge is 0.225 e. The van der Waals surface area contributed by atoms with Crippen molar-refractivity contribution in [2.24, 2.45) is 5.92 Å². The molecule has 2 heterocycles. The second-order valence-corrected chi connectivity index (χ2v) is 7.74. The molecule has 1 aliphatic heterocycles. The van der Waals surface area contributed by atoms with Gasteiger partial charge in [-0.3, -0.25) is 4.79 Å². The van der Waals surface area contributed by atoms with E-state index in [1.165, 1.54) is 11.1 Å². The van der Waals surface area contributed by atoms with Gasteiger partial charge in [0.2, 0.25) is 5.91 Å². The lowest BCUT2D eigenvalue weighted by molar-refractivity contribution is -0.132. The molecule has 1 saturated heterocycles. The number of hydrogen-bond acceptors (Lipinski definition) is 4. The second-order valence-electron chi connectivity index (χ2n) is 7.74. The molecule has 4 rings (SSSR count). The third-order valence-corrected chi connectivity index (χ3v) is 5.67. The third kappa shape index (κ3) is 3.68. The maximum atomic E-state index is 12.3. The fraction of sp³-hybridized carbons (Fsp3) is 0.500. The Kier molecular flexibility index (Phi) is 4.85. The van der Waals surface area contributed by atoms with Gasteiger partial charge in [0.1, 0.15) is 5.82 Å². The summed E-state index contributed by atoms with van der Waals surface area (Å²) in [6, 6.07) is 8.38. The van der Waals surface area contributed by atoms with Gasteiger partial charge in [0.05, 0.1) is 0 Å². The van der Waals surface area contributed by atoms with Crippen LogP contribution in [0.2, 0.25) is 0 Å². The molecule has 0 atom stereocenters. The highest BCUT2D eigenvalue weighted by molar-refractivity contribution is 5.81. The van der Waals surface area contributed by atoms with E-state index in [1.807, 2.05) is 4.90 Å². The minimum absolute atomic E-state index is 0.303. The van der Waals surface area contributed by atoms with Crippen LogP contribution in [-0.2, 0) is 11.2 Å². The van der Waals surface area contributed by atoms with Crippen molar-refractivity contribution in [1.82, 2.24) is 14.9 Å². The number of benzene rings is 1. The van der Waals surface area contributed by atoms with Crippen LogP contribution in [0.4, 0.5) is 5.82 Å². The Morgan fingerprint density at radius 3 is 2.30 bits per heavy atom. The zero-order chi connectivity index (χ0) is 19.0. The number of carbonyl (C=O) groups excluding carboxylic acids is 1. The van der Waals surface area contributed by atoms with Crippen LogP contribution in [0.3, 0.4) is 0 Å². The summed E-state index contributed by atoms with van der Waals surface area (Å²) in [6.07, 6.45) is 3.06. The van der Waals surface area contributed by atoms with Crippen LogP contribution in [0.15, 0.2) is 24.3 Å². The maximum Gasteiger partial charge on any atom is 0.225 e. The van der Waals surface area contributed by atoms with Crippen molar-refractivity contribution < 1.29 is 4.79 Å². The van der Waals surface area contributed by atoms with Gasteiger partial charge in [-0.1, -0.05) is 36.8 Å². The Hall–Kier alpha value is -2.43. The van der Waals surface area contributed by atoms with E-state index in [-0.39, 0.29) is 0 Å². The molecular formula is C22H28N4O. The van der Waals surface area contributed by atoms with Gasteiger partial charge in [0, 0.05) is 48.9 Å². The van der Waals surface area contributed by atoms with Crippen molar-refractivity contribution >= 4 is 11.7 Å². The van der Waals surface area contributed by atoms with Gasteiger partial charge in [-0.25, -0.2) is 9.97 Å². The first-order valence-corrected chi connectivity index (χ1v) is 10.0. The highest BCUT2D eigenvalue weighted by atomic mass is 16.2. The van der Waals surface area contributed by atoms with Gasteiger partial charge in [0.15, 0.2) is 5.82 Å². The monoisotopic (exact) mass is 364 g/mol. The van der Waals surface area contributed by atoms with Crippen molar-refractivity contribution in [3.05, 3.63) is 41.1 Å². The number of aromatic nitrogens is 2. The van der Waals surface area contributed by atoms with Crippen molar-refractivity contribution in [1.29, 1.82) is 0 Å². The van der Waals surface area contributed by atoms with Crippen LogP contribution in [0.25, 0.3) is 11.4 Å². The van der Waals surface area contributed by atoms with E-state index < -0.39 is 0 Å². The molecule has 2 aromatic rings. The summed E-state index contributed by atoms with van der Waals surface area (Å²) in [4.78, 5) is 26.4. The molecule has 0 bridgehead atoms. The van der Waals surface area contributed by atoms with Crippen molar-refractivity contribution in [3.63, 3.8) is 0 Å². The molecule has 2 fully saturated rings. The quantitative estimate of drug-likeness (QED) is 0.834. The molecule has 2 aliphatic rings. The normalized spacial score (nSPS) is 17.3. The van der Waals surface area contributed by atoms with Crippen LogP contribution >= 0.6 is 0 Å². The molecule has 5 nitrogen and oxygen atoms in total. The van der Waals surface area contributed by atoms with Crippen LogP contribution in [-0.4, -0.2) is 47.0 Å². The van der Waals surface area contributed by atoms with Crippen LogP contribution in [0.1, 0.15) is 36.6 Å². The SMILES string of the molecule is CCc1c(C)nc(-c2ccc(C)cc2)nc1N1CCN(C(=O)C2CC2)CC1. The summed E-state index contributed by atoms with van der Waals surface area (Å²) in [5.41, 5.74) is 4.55. The lowest BCUT2D eigenvalue weighted by Gasteiger charge is -2.36. The number of rotatable bonds is 4. The van der Waals surface area contributed by atoms with E-state index in [9.17, 15) is 4.79 Å². The minimum Gasteiger partial charge on any atom is -0.353 e. The number of hydrogen-bond donors (Lipinski definition) is 0. The number of aryl methyl sites for hydroxylation is 2. The van der Waals surface area contributed by atoms with E-state index in [4.69, 9.17) is 9.97 Å². The maximum absolute atomic E-state index is 12.3. The molecule has 142 valence electrons. The Morgan fingerprint density at radius 2 is 1.70 bits per heavy atom. The average molecular weight is 364 g/mol. The van der Waals surface area contributed by atoms with Gasteiger partial charge >= 0.3 is 0 Å². The van der Waals surface area contributed by atoms with Crippen LogP contribution < -0.4 is 4.90 Å². The highest BCUT2D eigenvalue weighted by Gasteiger charge is 2.35. The molecule has 1 aliphatic carbocycles. The summed E-state index contributed by atoms with van der Waals surface area (Å²) >= 11 is 0. The van der Waals surface area contributed by atoms with Gasteiger partial charge < -0.3 is 9.80 Å². The summed E-state index contributed by atoms with van der Waals surface area (Å²) in [7, 11) is 0. The van der Waals surface area contributed by atoms with Gasteiger partial charge in [0.25, 0.3) is 0 Å². The summed E-state index contributed by atoms with van der Waals surface area (Å²) in [6.45, 7) is 9.60. The van der Waals surface area contributed by atoms with E-state index in [2.05, 4.69) is 49.9 Å². The average Bonchev–Trinajstić information content (AvgIpc) is 3.53. The first kappa shape index (κ1) is 18.0. The zero-order valence-corrected chi connectivity index (χ0v) is 16.5. The van der Waals surface area contributed by atoms with Crippen LogP contribution in [0, 0.1) is 19.8 Å². The van der Waals surface area contributed by atoms with Crippen molar-refractivity contribution in [2.45, 2.75) is 40.0 Å². The molecule has 1 saturated carbocycles. The summed E-state index contributed by atoms with van der Waals surface area (Å²) in [5.74, 6) is 2.48. The fourth-order valence-electron chi connectivity index (χ4n) is 3.82. The minimum atomic E-state index is 0.303. The zero-order valence-electron chi connectivity index (χ0n) is 16.5. The van der Waals surface area contributed by atoms with E-state index in [0.717, 1.165) is 68.3 Å². The largest absolute Gasteiger partial charge is 0.353 e. The Labute approximate surface area is 161 Å². The van der Waals surface area contributed by atoms with Crippen molar-refractivity contribution in [3.8, 4) is 11.4 Å². The van der Waals surface area contributed by atoms with Gasteiger partial charge in [-0.15, -0.1) is 0 Å². The summed E-state index contributed by atoms with van der Waals surface area (Å²) in [5, 5.41) is 0. The predicted octanol–water partition coefficient (Wildman–Crippen LogP) is 3.38. The molecule has 5 heteroatoms. The molecule has 1 amide bonds. The third-order valence-electron chi connectivity index (χ3n) is 5.67. The lowest BCUT2D eigenvalue weighted by atomic mass is 10.1. The molecular weight excluding hydrogens is 336 g/mol.